The van der Waals surface area contributed by atoms with Crippen LogP contribution in [0.5, 0.6) is 0 Å². The van der Waals surface area contributed by atoms with Gasteiger partial charge in [-0.3, -0.25) is 0 Å². The van der Waals surface area contributed by atoms with Crippen LogP contribution in [-0.4, -0.2) is 5.75 Å². The first kappa shape index (κ1) is 9.33. The Morgan fingerprint density at radius 3 is 3.00 bits per heavy atom. The maximum atomic E-state index is 12.7. The number of hydrogen-bond acceptors (Lipinski definition) is 1. The number of benzene rings is 1. The van der Waals surface area contributed by atoms with Gasteiger partial charge in [-0.05, 0) is 24.6 Å². The standard InChI is InChI=1S/C10H11FS/c1-3-6-12-10-7-9(11)5-4-8(10)2/h3-5,7H,1,6H2,2H3. The maximum Gasteiger partial charge on any atom is 0.124 e. The highest BCUT2D eigenvalue weighted by molar-refractivity contribution is 7.99. The van der Waals surface area contributed by atoms with Gasteiger partial charge in [0, 0.05) is 10.6 Å². The Labute approximate surface area is 76.5 Å². The molecular formula is C10H11FS. The van der Waals surface area contributed by atoms with Crippen molar-refractivity contribution in [2.24, 2.45) is 0 Å². The Balaban J connectivity index is 2.82. The molecule has 64 valence electrons. The monoisotopic (exact) mass is 182 g/mol. The molecule has 1 aromatic carbocycles. The van der Waals surface area contributed by atoms with Crippen molar-refractivity contribution in [1.29, 1.82) is 0 Å². The van der Waals surface area contributed by atoms with Crippen LogP contribution in [0.3, 0.4) is 0 Å². The zero-order valence-electron chi connectivity index (χ0n) is 7.01. The molecule has 1 aromatic rings. The number of thioether (sulfide) groups is 1. The van der Waals surface area contributed by atoms with Crippen molar-refractivity contribution < 1.29 is 4.39 Å². The van der Waals surface area contributed by atoms with E-state index in [2.05, 4.69) is 6.58 Å². The largest absolute Gasteiger partial charge is 0.207 e. The lowest BCUT2D eigenvalue weighted by Crippen LogP contribution is -1.82. The first-order valence-corrected chi connectivity index (χ1v) is 4.72. The summed E-state index contributed by atoms with van der Waals surface area (Å²) in [6, 6.07) is 4.83. The summed E-state index contributed by atoms with van der Waals surface area (Å²) in [5, 5.41) is 0. The molecule has 12 heavy (non-hydrogen) atoms. The third kappa shape index (κ3) is 2.38. The van der Waals surface area contributed by atoms with Crippen LogP contribution >= 0.6 is 11.8 Å². The molecule has 0 unspecified atom stereocenters. The molecule has 0 aliphatic heterocycles. The fourth-order valence-electron chi connectivity index (χ4n) is 0.878. The van der Waals surface area contributed by atoms with Gasteiger partial charge in [-0.1, -0.05) is 12.1 Å². The lowest BCUT2D eigenvalue weighted by Gasteiger charge is -2.02. The Morgan fingerprint density at radius 1 is 1.58 bits per heavy atom. The Bertz CT molecular complexity index is 281. The highest BCUT2D eigenvalue weighted by atomic mass is 32.2. The minimum absolute atomic E-state index is 0.174. The number of aryl methyl sites for hydroxylation is 1. The summed E-state index contributed by atoms with van der Waals surface area (Å²) in [5.74, 6) is 0.650. The van der Waals surface area contributed by atoms with Gasteiger partial charge in [0.25, 0.3) is 0 Å². The van der Waals surface area contributed by atoms with Gasteiger partial charge in [0.1, 0.15) is 5.82 Å². The van der Waals surface area contributed by atoms with Gasteiger partial charge in [-0.25, -0.2) is 4.39 Å². The molecule has 2 heteroatoms. The molecule has 0 heterocycles. The zero-order valence-corrected chi connectivity index (χ0v) is 7.83. The fourth-order valence-corrected chi connectivity index (χ4v) is 1.67. The van der Waals surface area contributed by atoms with Crippen LogP contribution in [0.2, 0.25) is 0 Å². The average molecular weight is 182 g/mol. The van der Waals surface area contributed by atoms with Crippen molar-refractivity contribution in [2.45, 2.75) is 11.8 Å². The van der Waals surface area contributed by atoms with Crippen LogP contribution in [-0.2, 0) is 0 Å². The van der Waals surface area contributed by atoms with E-state index in [9.17, 15) is 4.39 Å². The Kier molecular flexibility index (Phi) is 3.35. The van der Waals surface area contributed by atoms with Crippen LogP contribution in [0.15, 0.2) is 35.7 Å². The van der Waals surface area contributed by atoms with E-state index in [1.807, 2.05) is 13.0 Å². The molecule has 0 radical (unpaired) electrons. The van der Waals surface area contributed by atoms with Crippen molar-refractivity contribution in [2.75, 3.05) is 5.75 Å². The van der Waals surface area contributed by atoms with Crippen molar-refractivity contribution in [1.82, 2.24) is 0 Å². The van der Waals surface area contributed by atoms with Gasteiger partial charge in [-0.15, -0.1) is 18.3 Å². The third-order valence-corrected chi connectivity index (χ3v) is 2.66. The first-order valence-electron chi connectivity index (χ1n) is 3.74. The number of halogens is 1. The molecule has 0 saturated heterocycles. The number of rotatable bonds is 3. The van der Waals surface area contributed by atoms with E-state index in [0.29, 0.717) is 0 Å². The molecule has 0 aromatic heterocycles. The minimum atomic E-state index is -0.174. The van der Waals surface area contributed by atoms with E-state index in [0.717, 1.165) is 16.2 Å². The van der Waals surface area contributed by atoms with E-state index in [1.54, 1.807) is 23.9 Å². The molecular weight excluding hydrogens is 171 g/mol. The van der Waals surface area contributed by atoms with Gasteiger partial charge >= 0.3 is 0 Å². The van der Waals surface area contributed by atoms with Gasteiger partial charge in [0.15, 0.2) is 0 Å². The lowest BCUT2D eigenvalue weighted by atomic mass is 10.2. The van der Waals surface area contributed by atoms with Crippen LogP contribution in [0.25, 0.3) is 0 Å². The summed E-state index contributed by atoms with van der Waals surface area (Å²) in [6.45, 7) is 5.59. The summed E-state index contributed by atoms with van der Waals surface area (Å²) in [4.78, 5) is 0.995. The van der Waals surface area contributed by atoms with Crippen molar-refractivity contribution in [3.8, 4) is 0 Å². The van der Waals surface area contributed by atoms with E-state index in [4.69, 9.17) is 0 Å². The molecule has 0 bridgehead atoms. The van der Waals surface area contributed by atoms with Gasteiger partial charge in [0.05, 0.1) is 0 Å². The highest BCUT2D eigenvalue weighted by Crippen LogP contribution is 2.22. The predicted octanol–water partition coefficient (Wildman–Crippen LogP) is 3.41. The van der Waals surface area contributed by atoms with Crippen molar-refractivity contribution in [3.63, 3.8) is 0 Å². The molecule has 0 amide bonds. The second kappa shape index (κ2) is 4.31. The molecule has 0 nitrogen and oxygen atoms in total. The second-order valence-electron chi connectivity index (χ2n) is 2.51. The first-order chi connectivity index (χ1) is 5.74. The van der Waals surface area contributed by atoms with E-state index < -0.39 is 0 Å². The Morgan fingerprint density at radius 2 is 2.33 bits per heavy atom. The van der Waals surface area contributed by atoms with E-state index in [1.165, 1.54) is 6.07 Å². The maximum absolute atomic E-state index is 12.7. The summed E-state index contributed by atoms with van der Waals surface area (Å²) >= 11 is 1.60. The van der Waals surface area contributed by atoms with Crippen LogP contribution in [0.4, 0.5) is 4.39 Å². The van der Waals surface area contributed by atoms with Crippen LogP contribution in [0, 0.1) is 12.7 Å². The van der Waals surface area contributed by atoms with E-state index >= 15 is 0 Å². The minimum Gasteiger partial charge on any atom is -0.207 e. The topological polar surface area (TPSA) is 0 Å². The smallest absolute Gasteiger partial charge is 0.124 e. The molecule has 1 rings (SSSR count). The predicted molar refractivity (Wildman–Crippen MR) is 52.1 cm³/mol. The summed E-state index contributed by atoms with van der Waals surface area (Å²) in [5.41, 5.74) is 1.11. The highest BCUT2D eigenvalue weighted by Gasteiger charge is 1.98. The molecule has 0 aliphatic rings. The second-order valence-corrected chi connectivity index (χ2v) is 3.57. The summed E-state index contributed by atoms with van der Waals surface area (Å²) in [6.07, 6.45) is 1.81. The fraction of sp³-hybridized carbons (Fsp3) is 0.200. The SMILES string of the molecule is C=CCSc1cc(F)ccc1C. The van der Waals surface area contributed by atoms with Crippen LogP contribution in [0.1, 0.15) is 5.56 Å². The molecule has 0 fully saturated rings. The summed E-state index contributed by atoms with van der Waals surface area (Å²) < 4.78 is 12.7. The normalized spacial score (nSPS) is 9.83. The van der Waals surface area contributed by atoms with Crippen LogP contribution < -0.4 is 0 Å². The lowest BCUT2D eigenvalue weighted by molar-refractivity contribution is 0.623. The van der Waals surface area contributed by atoms with Gasteiger partial charge in [-0.2, -0.15) is 0 Å². The average Bonchev–Trinajstić information content (AvgIpc) is 2.07. The molecule has 0 atom stereocenters. The Hall–Kier alpha value is -0.760. The van der Waals surface area contributed by atoms with Crippen molar-refractivity contribution >= 4 is 11.8 Å². The summed E-state index contributed by atoms with van der Waals surface area (Å²) in [7, 11) is 0. The zero-order chi connectivity index (χ0) is 8.97. The molecule has 0 N–H and O–H groups in total. The quantitative estimate of drug-likeness (QED) is 0.510. The molecule has 0 saturated carbocycles. The van der Waals surface area contributed by atoms with Crippen molar-refractivity contribution in [3.05, 3.63) is 42.2 Å². The number of hydrogen-bond donors (Lipinski definition) is 0. The van der Waals surface area contributed by atoms with E-state index in [-0.39, 0.29) is 5.82 Å². The third-order valence-electron chi connectivity index (χ3n) is 1.51. The molecule has 0 spiro atoms. The van der Waals surface area contributed by atoms with Gasteiger partial charge in [0.2, 0.25) is 0 Å². The molecule has 0 aliphatic carbocycles. The van der Waals surface area contributed by atoms with Gasteiger partial charge < -0.3 is 0 Å².